The van der Waals surface area contributed by atoms with Crippen LogP contribution in [0.25, 0.3) is 0 Å². The molecule has 0 bridgehead atoms. The van der Waals surface area contributed by atoms with Gasteiger partial charge < -0.3 is 15.4 Å². The summed E-state index contributed by atoms with van der Waals surface area (Å²) in [5.41, 5.74) is 9.98. The summed E-state index contributed by atoms with van der Waals surface area (Å²) in [6, 6.07) is 4.02. The predicted octanol–water partition coefficient (Wildman–Crippen LogP) is 1.89. The number of carbonyl (C=O) groups excluding carboxylic acids is 1. The van der Waals surface area contributed by atoms with Crippen LogP contribution in [-0.2, 0) is 16.0 Å². The Balaban J connectivity index is 1.89. The maximum atomic E-state index is 12.6. The SMILES string of the molecule is Cc1cc2c(cc1N)N(C(=O)C1OCCC1C)CC2. The van der Waals surface area contributed by atoms with Crippen molar-refractivity contribution in [3.05, 3.63) is 23.3 Å². The average Bonchev–Trinajstić information content (AvgIpc) is 2.96. The Kier molecular flexibility index (Phi) is 2.97. The number of nitrogen functional groups attached to an aromatic ring is 1. The molecule has 2 N–H and O–H groups in total. The van der Waals surface area contributed by atoms with E-state index in [4.69, 9.17) is 10.5 Å². The van der Waals surface area contributed by atoms with Crippen LogP contribution in [0, 0.1) is 12.8 Å². The molecule has 2 aliphatic rings. The van der Waals surface area contributed by atoms with E-state index in [1.807, 2.05) is 17.9 Å². The summed E-state index contributed by atoms with van der Waals surface area (Å²) in [6.07, 6.45) is 1.59. The fourth-order valence-electron chi connectivity index (χ4n) is 2.97. The molecule has 4 nitrogen and oxygen atoms in total. The Bertz CT molecular complexity index is 527. The first-order valence-electron chi connectivity index (χ1n) is 6.90. The molecule has 1 saturated heterocycles. The second-order valence-electron chi connectivity index (χ2n) is 5.63. The van der Waals surface area contributed by atoms with Crippen molar-refractivity contribution in [2.24, 2.45) is 5.92 Å². The molecule has 2 atom stereocenters. The summed E-state index contributed by atoms with van der Waals surface area (Å²) in [4.78, 5) is 14.4. The monoisotopic (exact) mass is 260 g/mol. The molecule has 2 heterocycles. The zero-order valence-electron chi connectivity index (χ0n) is 11.5. The predicted molar refractivity (Wildman–Crippen MR) is 75.2 cm³/mol. The van der Waals surface area contributed by atoms with E-state index in [0.717, 1.165) is 36.3 Å². The standard InChI is InChI=1S/C15H20N2O2/c1-9-4-6-19-14(9)15(18)17-5-3-11-7-10(2)12(16)8-13(11)17/h7-9,14H,3-6,16H2,1-2H3. The Hall–Kier alpha value is -1.55. The van der Waals surface area contributed by atoms with Crippen LogP contribution in [0.4, 0.5) is 11.4 Å². The van der Waals surface area contributed by atoms with Crippen molar-refractivity contribution < 1.29 is 9.53 Å². The number of nitrogens with zero attached hydrogens (tertiary/aromatic N) is 1. The van der Waals surface area contributed by atoms with Gasteiger partial charge in [-0.25, -0.2) is 0 Å². The van der Waals surface area contributed by atoms with Crippen molar-refractivity contribution >= 4 is 17.3 Å². The number of nitrogens with two attached hydrogens (primary N) is 1. The van der Waals surface area contributed by atoms with Gasteiger partial charge in [-0.15, -0.1) is 0 Å². The number of hydrogen-bond acceptors (Lipinski definition) is 3. The normalized spacial score (nSPS) is 25.7. The quantitative estimate of drug-likeness (QED) is 0.784. The molecule has 2 aliphatic heterocycles. The molecule has 0 spiro atoms. The molecule has 2 unspecified atom stereocenters. The van der Waals surface area contributed by atoms with E-state index in [0.29, 0.717) is 12.5 Å². The molecule has 19 heavy (non-hydrogen) atoms. The van der Waals surface area contributed by atoms with Gasteiger partial charge in [0, 0.05) is 24.5 Å². The zero-order valence-corrected chi connectivity index (χ0v) is 11.5. The summed E-state index contributed by atoms with van der Waals surface area (Å²) in [6.45, 7) is 5.51. The van der Waals surface area contributed by atoms with Crippen molar-refractivity contribution in [3.8, 4) is 0 Å². The smallest absolute Gasteiger partial charge is 0.256 e. The third-order valence-corrected chi connectivity index (χ3v) is 4.26. The van der Waals surface area contributed by atoms with Crippen molar-refractivity contribution in [2.75, 3.05) is 23.8 Å². The van der Waals surface area contributed by atoms with Crippen LogP contribution >= 0.6 is 0 Å². The summed E-state index contributed by atoms with van der Waals surface area (Å²) in [7, 11) is 0. The second-order valence-corrected chi connectivity index (χ2v) is 5.63. The maximum Gasteiger partial charge on any atom is 0.256 e. The van der Waals surface area contributed by atoms with Crippen LogP contribution < -0.4 is 10.6 Å². The van der Waals surface area contributed by atoms with Crippen LogP contribution in [0.15, 0.2) is 12.1 Å². The molecule has 1 fully saturated rings. The molecule has 3 rings (SSSR count). The van der Waals surface area contributed by atoms with E-state index in [2.05, 4.69) is 13.0 Å². The third-order valence-electron chi connectivity index (χ3n) is 4.26. The number of carbonyl (C=O) groups is 1. The highest BCUT2D eigenvalue weighted by molar-refractivity contribution is 5.99. The van der Waals surface area contributed by atoms with Gasteiger partial charge in [-0.05, 0) is 42.9 Å². The van der Waals surface area contributed by atoms with Crippen molar-refractivity contribution in [1.29, 1.82) is 0 Å². The number of hydrogen-bond donors (Lipinski definition) is 1. The Labute approximate surface area is 113 Å². The van der Waals surface area contributed by atoms with Crippen molar-refractivity contribution in [3.63, 3.8) is 0 Å². The number of benzene rings is 1. The lowest BCUT2D eigenvalue weighted by molar-refractivity contribution is -0.128. The van der Waals surface area contributed by atoms with Crippen LogP contribution in [-0.4, -0.2) is 25.2 Å². The molecule has 0 saturated carbocycles. The fraction of sp³-hybridized carbons (Fsp3) is 0.533. The maximum absolute atomic E-state index is 12.6. The van der Waals surface area contributed by atoms with Gasteiger partial charge in [-0.3, -0.25) is 4.79 Å². The van der Waals surface area contributed by atoms with E-state index in [1.165, 1.54) is 5.56 Å². The lowest BCUT2D eigenvalue weighted by Crippen LogP contribution is -2.40. The number of fused-ring (bicyclic) bond motifs is 1. The molecule has 1 aromatic rings. The van der Waals surface area contributed by atoms with Crippen LogP contribution in [0.1, 0.15) is 24.5 Å². The zero-order chi connectivity index (χ0) is 13.6. The van der Waals surface area contributed by atoms with Gasteiger partial charge >= 0.3 is 0 Å². The largest absolute Gasteiger partial charge is 0.398 e. The van der Waals surface area contributed by atoms with Gasteiger partial charge in [0.05, 0.1) is 0 Å². The van der Waals surface area contributed by atoms with Gasteiger partial charge in [0.2, 0.25) is 0 Å². The van der Waals surface area contributed by atoms with E-state index in [9.17, 15) is 4.79 Å². The van der Waals surface area contributed by atoms with E-state index in [1.54, 1.807) is 0 Å². The van der Waals surface area contributed by atoms with Crippen LogP contribution in [0.5, 0.6) is 0 Å². The summed E-state index contributed by atoms with van der Waals surface area (Å²) in [5.74, 6) is 0.395. The average molecular weight is 260 g/mol. The Morgan fingerprint density at radius 1 is 1.47 bits per heavy atom. The van der Waals surface area contributed by atoms with Crippen LogP contribution in [0.2, 0.25) is 0 Å². The molecule has 4 heteroatoms. The third kappa shape index (κ3) is 2.00. The van der Waals surface area contributed by atoms with E-state index in [-0.39, 0.29) is 12.0 Å². The molecule has 1 aromatic carbocycles. The van der Waals surface area contributed by atoms with Gasteiger partial charge in [0.15, 0.2) is 0 Å². The van der Waals surface area contributed by atoms with Crippen molar-refractivity contribution in [1.82, 2.24) is 0 Å². The molecule has 102 valence electrons. The summed E-state index contributed by atoms with van der Waals surface area (Å²) in [5, 5.41) is 0. The number of ether oxygens (including phenoxy) is 1. The molecular formula is C15H20N2O2. The van der Waals surface area contributed by atoms with Gasteiger partial charge in [0.1, 0.15) is 6.10 Å². The Morgan fingerprint density at radius 3 is 2.95 bits per heavy atom. The summed E-state index contributed by atoms with van der Waals surface area (Å²) >= 11 is 0. The molecular weight excluding hydrogens is 240 g/mol. The second kappa shape index (κ2) is 4.53. The number of anilines is 2. The molecule has 0 radical (unpaired) electrons. The molecule has 0 aliphatic carbocycles. The van der Waals surface area contributed by atoms with Gasteiger partial charge in [-0.2, -0.15) is 0 Å². The van der Waals surface area contributed by atoms with Gasteiger partial charge in [-0.1, -0.05) is 13.0 Å². The highest BCUT2D eigenvalue weighted by Crippen LogP contribution is 2.34. The number of rotatable bonds is 1. The lowest BCUT2D eigenvalue weighted by atomic mass is 10.0. The summed E-state index contributed by atoms with van der Waals surface area (Å²) < 4.78 is 5.59. The molecule has 0 aromatic heterocycles. The highest BCUT2D eigenvalue weighted by atomic mass is 16.5. The first-order valence-corrected chi connectivity index (χ1v) is 6.90. The first-order chi connectivity index (χ1) is 9.08. The fourth-order valence-corrected chi connectivity index (χ4v) is 2.97. The van der Waals surface area contributed by atoms with E-state index < -0.39 is 0 Å². The number of aryl methyl sites for hydroxylation is 1. The minimum atomic E-state index is -0.284. The van der Waals surface area contributed by atoms with Crippen LogP contribution in [0.3, 0.4) is 0 Å². The topological polar surface area (TPSA) is 55.6 Å². The van der Waals surface area contributed by atoms with E-state index >= 15 is 0 Å². The van der Waals surface area contributed by atoms with Crippen molar-refractivity contribution in [2.45, 2.75) is 32.8 Å². The van der Waals surface area contributed by atoms with Gasteiger partial charge in [0.25, 0.3) is 5.91 Å². The minimum Gasteiger partial charge on any atom is -0.398 e. The Morgan fingerprint density at radius 2 is 2.26 bits per heavy atom. The first kappa shape index (κ1) is 12.5. The highest BCUT2D eigenvalue weighted by Gasteiger charge is 2.36. The number of amides is 1. The molecule has 1 amide bonds. The minimum absolute atomic E-state index is 0.0898. The lowest BCUT2D eigenvalue weighted by Gasteiger charge is -2.23.